The summed E-state index contributed by atoms with van der Waals surface area (Å²) in [5.74, 6) is 2.71. The van der Waals surface area contributed by atoms with Crippen molar-refractivity contribution in [3.05, 3.63) is 41.3 Å². The van der Waals surface area contributed by atoms with Crippen molar-refractivity contribution >= 4 is 23.1 Å². The van der Waals surface area contributed by atoms with E-state index in [1.165, 1.54) is 4.21 Å². The Morgan fingerprint density at radius 3 is 2.71 bits per heavy atom. The average Bonchev–Trinajstić information content (AvgIpc) is 3.04. The van der Waals surface area contributed by atoms with Gasteiger partial charge in [0, 0.05) is 17.4 Å². The number of hydrogen-bond donors (Lipinski definition) is 1. The lowest BCUT2D eigenvalue weighted by molar-refractivity contribution is 0.393. The molecule has 1 heterocycles. The predicted molar refractivity (Wildman–Crippen MR) is 91.0 cm³/mol. The first kappa shape index (κ1) is 16.2. The van der Waals surface area contributed by atoms with Crippen LogP contribution in [0.1, 0.15) is 18.5 Å². The van der Waals surface area contributed by atoms with Gasteiger partial charge in [-0.1, -0.05) is 13.0 Å². The van der Waals surface area contributed by atoms with Crippen molar-refractivity contribution in [2.45, 2.75) is 17.2 Å². The first-order valence-electron chi connectivity index (χ1n) is 6.90. The van der Waals surface area contributed by atoms with Crippen molar-refractivity contribution in [2.75, 3.05) is 26.5 Å². The Hall–Kier alpha value is -1.17. The highest BCUT2D eigenvalue weighted by Gasteiger charge is 2.17. The lowest BCUT2D eigenvalue weighted by Crippen LogP contribution is -2.23. The molecule has 0 fully saturated rings. The zero-order valence-electron chi connectivity index (χ0n) is 12.6. The first-order chi connectivity index (χ1) is 10.3. The molecule has 2 rings (SSSR count). The highest BCUT2D eigenvalue weighted by atomic mass is 32.2. The fraction of sp³-hybridized carbons (Fsp3) is 0.375. The van der Waals surface area contributed by atoms with Crippen LogP contribution in [0.4, 0.5) is 0 Å². The number of benzene rings is 1. The first-order valence-corrected chi connectivity index (χ1v) is 8.76. The molecule has 3 nitrogen and oxygen atoms in total. The van der Waals surface area contributed by atoms with E-state index in [-0.39, 0.29) is 6.04 Å². The third kappa shape index (κ3) is 4.40. The lowest BCUT2D eigenvalue weighted by Gasteiger charge is -2.21. The second-order valence-corrected chi connectivity index (χ2v) is 6.73. The molecule has 0 saturated carbocycles. The van der Waals surface area contributed by atoms with E-state index in [1.54, 1.807) is 25.6 Å². The van der Waals surface area contributed by atoms with Gasteiger partial charge < -0.3 is 14.8 Å². The molecule has 0 radical (unpaired) electrons. The summed E-state index contributed by atoms with van der Waals surface area (Å²) in [5, 5.41) is 5.64. The van der Waals surface area contributed by atoms with Gasteiger partial charge in [-0.15, -0.1) is 23.1 Å². The molecule has 0 aliphatic heterocycles. The molecule has 0 spiro atoms. The summed E-state index contributed by atoms with van der Waals surface area (Å²) in [7, 11) is 3.40. The Kier molecular flexibility index (Phi) is 6.42. The highest BCUT2D eigenvalue weighted by molar-refractivity contribution is 8.01. The quantitative estimate of drug-likeness (QED) is 0.737. The normalized spacial score (nSPS) is 12.1. The molecule has 0 aliphatic rings. The number of nitrogens with one attached hydrogen (secondary N) is 1. The third-order valence-electron chi connectivity index (χ3n) is 3.15. The molecule has 5 heteroatoms. The van der Waals surface area contributed by atoms with Gasteiger partial charge in [0.25, 0.3) is 0 Å². The summed E-state index contributed by atoms with van der Waals surface area (Å²) >= 11 is 3.64. The van der Waals surface area contributed by atoms with Crippen LogP contribution in [0.3, 0.4) is 0 Å². The van der Waals surface area contributed by atoms with Crippen molar-refractivity contribution < 1.29 is 9.47 Å². The minimum absolute atomic E-state index is 0.229. The molecule has 1 aromatic heterocycles. The van der Waals surface area contributed by atoms with E-state index in [0.717, 1.165) is 29.4 Å². The topological polar surface area (TPSA) is 30.5 Å². The van der Waals surface area contributed by atoms with Crippen molar-refractivity contribution in [1.29, 1.82) is 0 Å². The molecule has 114 valence electrons. The Morgan fingerprint density at radius 2 is 2.10 bits per heavy atom. The van der Waals surface area contributed by atoms with Crippen LogP contribution in [-0.2, 0) is 0 Å². The van der Waals surface area contributed by atoms with Gasteiger partial charge in [0.15, 0.2) is 0 Å². The average molecular weight is 323 g/mol. The largest absolute Gasteiger partial charge is 0.497 e. The zero-order chi connectivity index (χ0) is 15.1. The third-order valence-corrected chi connectivity index (χ3v) is 5.37. The fourth-order valence-electron chi connectivity index (χ4n) is 2.13. The summed E-state index contributed by atoms with van der Waals surface area (Å²) in [6.07, 6.45) is 0. The molecule has 0 amide bonds. The summed E-state index contributed by atoms with van der Waals surface area (Å²) in [5.41, 5.74) is 1.14. The van der Waals surface area contributed by atoms with Crippen LogP contribution in [0.5, 0.6) is 11.5 Å². The maximum absolute atomic E-state index is 5.51. The summed E-state index contributed by atoms with van der Waals surface area (Å²) in [6, 6.07) is 10.4. The smallest absolute Gasteiger partial charge is 0.123 e. The Balaban J connectivity index is 2.19. The number of thiophene rings is 1. The predicted octanol–water partition coefficient (Wildman–Crippen LogP) is 4.21. The lowest BCUT2D eigenvalue weighted by atomic mass is 10.1. The number of thioether (sulfide) groups is 1. The number of methoxy groups -OCH3 is 2. The molecule has 1 atom stereocenters. The summed E-state index contributed by atoms with van der Waals surface area (Å²) < 4.78 is 12.2. The Morgan fingerprint density at radius 1 is 1.24 bits per heavy atom. The van der Waals surface area contributed by atoms with Gasteiger partial charge in [0.2, 0.25) is 0 Å². The standard InChI is InChI=1S/C16H21NO2S2/c1-4-17-14(11-21-16-6-5-9-20-16)13-10-12(18-2)7-8-15(13)19-3/h5-10,14,17H,4,11H2,1-3H3. The second-order valence-electron chi connectivity index (χ2n) is 4.46. The van der Waals surface area contributed by atoms with Gasteiger partial charge in [-0.25, -0.2) is 0 Å². The van der Waals surface area contributed by atoms with Crippen LogP contribution in [0.2, 0.25) is 0 Å². The molecule has 0 saturated heterocycles. The van der Waals surface area contributed by atoms with Crippen molar-refractivity contribution in [3.8, 4) is 11.5 Å². The van der Waals surface area contributed by atoms with E-state index in [9.17, 15) is 0 Å². The molecule has 1 unspecified atom stereocenters. The minimum atomic E-state index is 0.229. The van der Waals surface area contributed by atoms with Gasteiger partial charge >= 0.3 is 0 Å². The van der Waals surface area contributed by atoms with Crippen LogP contribution in [0, 0.1) is 0 Å². The maximum Gasteiger partial charge on any atom is 0.123 e. The SMILES string of the molecule is CCNC(CSc1cccs1)c1cc(OC)ccc1OC. The van der Waals surface area contributed by atoms with Crippen LogP contribution in [0.25, 0.3) is 0 Å². The Labute approximate surface area is 134 Å². The van der Waals surface area contributed by atoms with Gasteiger partial charge in [-0.2, -0.15) is 0 Å². The van der Waals surface area contributed by atoms with E-state index >= 15 is 0 Å². The summed E-state index contributed by atoms with van der Waals surface area (Å²) in [6.45, 7) is 3.03. The van der Waals surface area contributed by atoms with E-state index in [2.05, 4.69) is 35.8 Å². The summed E-state index contributed by atoms with van der Waals surface area (Å²) in [4.78, 5) is 0. The van der Waals surface area contributed by atoms with Crippen LogP contribution < -0.4 is 14.8 Å². The van der Waals surface area contributed by atoms with Crippen molar-refractivity contribution in [2.24, 2.45) is 0 Å². The number of ether oxygens (including phenoxy) is 2. The molecule has 0 aliphatic carbocycles. The van der Waals surface area contributed by atoms with Crippen molar-refractivity contribution in [1.82, 2.24) is 5.32 Å². The highest BCUT2D eigenvalue weighted by Crippen LogP contribution is 2.34. The van der Waals surface area contributed by atoms with Crippen LogP contribution in [-0.4, -0.2) is 26.5 Å². The van der Waals surface area contributed by atoms with Gasteiger partial charge in [-0.3, -0.25) is 0 Å². The zero-order valence-corrected chi connectivity index (χ0v) is 14.2. The van der Waals surface area contributed by atoms with Gasteiger partial charge in [0.05, 0.1) is 18.4 Å². The molecule has 1 aromatic carbocycles. The second kappa shape index (κ2) is 8.32. The van der Waals surface area contributed by atoms with E-state index in [1.807, 2.05) is 23.9 Å². The van der Waals surface area contributed by atoms with Gasteiger partial charge in [0.1, 0.15) is 11.5 Å². The molecule has 0 bridgehead atoms. The van der Waals surface area contributed by atoms with Crippen LogP contribution in [0.15, 0.2) is 39.9 Å². The molecular formula is C16H21NO2S2. The minimum Gasteiger partial charge on any atom is -0.497 e. The molecular weight excluding hydrogens is 302 g/mol. The molecule has 2 aromatic rings. The van der Waals surface area contributed by atoms with Gasteiger partial charge in [-0.05, 0) is 36.2 Å². The fourth-order valence-corrected chi connectivity index (χ4v) is 4.02. The van der Waals surface area contributed by atoms with E-state index in [4.69, 9.17) is 9.47 Å². The monoisotopic (exact) mass is 323 g/mol. The molecule has 1 N–H and O–H groups in total. The van der Waals surface area contributed by atoms with E-state index < -0.39 is 0 Å². The molecule has 21 heavy (non-hydrogen) atoms. The Bertz CT molecular complexity index is 543. The maximum atomic E-state index is 5.51. The van der Waals surface area contributed by atoms with Crippen LogP contribution >= 0.6 is 23.1 Å². The van der Waals surface area contributed by atoms with E-state index in [0.29, 0.717) is 0 Å². The number of rotatable bonds is 8. The number of hydrogen-bond acceptors (Lipinski definition) is 5. The van der Waals surface area contributed by atoms with Crippen molar-refractivity contribution in [3.63, 3.8) is 0 Å².